The van der Waals surface area contributed by atoms with E-state index in [0.29, 0.717) is 11.9 Å². The van der Waals surface area contributed by atoms with Gasteiger partial charge in [-0.1, -0.05) is 109 Å². The lowest BCUT2D eigenvalue weighted by Gasteiger charge is -2.42. The van der Waals surface area contributed by atoms with Crippen molar-refractivity contribution < 1.29 is 4.43 Å². The van der Waals surface area contributed by atoms with Gasteiger partial charge in [0.15, 0.2) is 0 Å². The molecule has 1 nitrogen and oxygen atoms in total. The fraction of sp³-hybridized carbons (Fsp3) is 0.300. The van der Waals surface area contributed by atoms with Crippen LogP contribution in [0.1, 0.15) is 20.8 Å². The Balaban J connectivity index is 2.59. The summed E-state index contributed by atoms with van der Waals surface area (Å²) in [5.41, 5.74) is 0. The maximum atomic E-state index is 6.61. The summed E-state index contributed by atoms with van der Waals surface area (Å²) in [6.07, 6.45) is 0. The standard InChI is InChI=1S/C20H23BrOSi/c1-20(2,3)23(22-17-11-10-16-21,18-12-6-4-7-13-18)19-14-8-5-9-15-19/h4-9,12-15H,16-17H2,1-3H3. The Labute approximate surface area is 149 Å². The van der Waals surface area contributed by atoms with Gasteiger partial charge >= 0.3 is 0 Å². The van der Waals surface area contributed by atoms with Crippen LogP contribution in [-0.4, -0.2) is 20.3 Å². The van der Waals surface area contributed by atoms with Crippen LogP contribution < -0.4 is 10.4 Å². The third-order valence-corrected chi connectivity index (χ3v) is 9.23. The maximum absolute atomic E-state index is 6.61. The molecule has 2 rings (SSSR count). The van der Waals surface area contributed by atoms with Gasteiger partial charge in [0, 0.05) is 0 Å². The number of alkyl halides is 1. The number of benzene rings is 2. The molecule has 0 saturated heterocycles. The minimum atomic E-state index is -2.42. The summed E-state index contributed by atoms with van der Waals surface area (Å²) in [7, 11) is -2.42. The molecule has 0 fully saturated rings. The van der Waals surface area contributed by atoms with E-state index in [1.807, 2.05) is 0 Å². The van der Waals surface area contributed by atoms with E-state index in [1.165, 1.54) is 10.4 Å². The Hall–Kier alpha value is -1.34. The van der Waals surface area contributed by atoms with Crippen LogP contribution in [-0.2, 0) is 4.43 Å². The lowest BCUT2D eigenvalue weighted by Crippen LogP contribution is -2.66. The molecule has 0 radical (unpaired) electrons. The van der Waals surface area contributed by atoms with Crippen molar-refractivity contribution in [2.75, 3.05) is 11.9 Å². The minimum Gasteiger partial charge on any atom is -0.396 e. The average Bonchev–Trinajstić information content (AvgIpc) is 2.55. The van der Waals surface area contributed by atoms with E-state index in [4.69, 9.17) is 4.43 Å². The molecule has 0 N–H and O–H groups in total. The third kappa shape index (κ3) is 3.95. The van der Waals surface area contributed by atoms with Gasteiger partial charge in [-0.05, 0) is 15.4 Å². The SMILES string of the molecule is CC(C)(C)[Si](OCC#CCBr)(c1ccccc1)c1ccccc1. The molecule has 0 aliphatic carbocycles. The molecular formula is C20H23BrOSi. The molecule has 23 heavy (non-hydrogen) atoms. The molecule has 0 saturated carbocycles. The van der Waals surface area contributed by atoms with E-state index in [-0.39, 0.29) is 5.04 Å². The highest BCUT2D eigenvalue weighted by molar-refractivity contribution is 9.09. The maximum Gasteiger partial charge on any atom is 0.262 e. The van der Waals surface area contributed by atoms with Gasteiger partial charge in [0.1, 0.15) is 0 Å². The molecule has 3 heteroatoms. The van der Waals surface area contributed by atoms with Crippen LogP contribution in [0.4, 0.5) is 0 Å². The zero-order chi connectivity index (χ0) is 16.8. The fourth-order valence-corrected chi connectivity index (χ4v) is 7.65. The van der Waals surface area contributed by atoms with E-state index < -0.39 is 8.32 Å². The molecule has 0 unspecified atom stereocenters. The largest absolute Gasteiger partial charge is 0.396 e. The first-order valence-electron chi connectivity index (χ1n) is 7.79. The van der Waals surface area contributed by atoms with Crippen molar-refractivity contribution in [1.29, 1.82) is 0 Å². The van der Waals surface area contributed by atoms with Crippen molar-refractivity contribution in [2.24, 2.45) is 0 Å². The molecule has 0 atom stereocenters. The average molecular weight is 387 g/mol. The van der Waals surface area contributed by atoms with Gasteiger partial charge < -0.3 is 4.43 Å². The molecule has 0 bridgehead atoms. The van der Waals surface area contributed by atoms with Crippen molar-refractivity contribution in [3.63, 3.8) is 0 Å². The number of rotatable bonds is 4. The summed E-state index contributed by atoms with van der Waals surface area (Å²) < 4.78 is 6.61. The second kappa shape index (κ2) is 7.96. The highest BCUT2D eigenvalue weighted by atomic mass is 79.9. The van der Waals surface area contributed by atoms with Crippen LogP contribution in [0.5, 0.6) is 0 Å². The topological polar surface area (TPSA) is 9.23 Å². The highest BCUT2D eigenvalue weighted by Crippen LogP contribution is 2.36. The summed E-state index contributed by atoms with van der Waals surface area (Å²) in [4.78, 5) is 0. The smallest absolute Gasteiger partial charge is 0.262 e. The molecule has 120 valence electrons. The second-order valence-corrected chi connectivity index (χ2v) is 11.3. The Kier molecular flexibility index (Phi) is 6.23. The monoisotopic (exact) mass is 386 g/mol. The third-order valence-electron chi connectivity index (χ3n) is 3.97. The van der Waals surface area contributed by atoms with Gasteiger partial charge in [-0.2, -0.15) is 0 Å². The Morgan fingerprint density at radius 1 is 0.870 bits per heavy atom. The molecule has 0 aliphatic heterocycles. The van der Waals surface area contributed by atoms with E-state index in [9.17, 15) is 0 Å². The second-order valence-electron chi connectivity index (χ2n) is 6.44. The van der Waals surface area contributed by atoms with Crippen LogP contribution in [0.3, 0.4) is 0 Å². The molecule has 0 amide bonds. The Bertz CT molecular complexity index is 626. The first-order chi connectivity index (χ1) is 11.0. The normalized spacial score (nSPS) is 11.7. The van der Waals surface area contributed by atoms with Gasteiger partial charge in [0.25, 0.3) is 8.32 Å². The molecule has 0 aromatic heterocycles. The summed E-state index contributed by atoms with van der Waals surface area (Å²) in [6.45, 7) is 7.28. The molecule has 0 heterocycles. The first kappa shape index (κ1) is 18.0. The van der Waals surface area contributed by atoms with Crippen molar-refractivity contribution in [3.05, 3.63) is 60.7 Å². The van der Waals surface area contributed by atoms with Crippen LogP contribution >= 0.6 is 15.9 Å². The quantitative estimate of drug-likeness (QED) is 0.438. The van der Waals surface area contributed by atoms with E-state index in [2.05, 4.69) is 109 Å². The van der Waals surface area contributed by atoms with Gasteiger partial charge in [-0.3, -0.25) is 0 Å². The fourth-order valence-electron chi connectivity index (χ4n) is 3.00. The molecule has 0 aliphatic rings. The zero-order valence-corrected chi connectivity index (χ0v) is 16.6. The number of hydrogen-bond donors (Lipinski definition) is 0. The lowest BCUT2D eigenvalue weighted by molar-refractivity contribution is 0.346. The van der Waals surface area contributed by atoms with Crippen molar-refractivity contribution in [1.82, 2.24) is 0 Å². The molecule has 2 aromatic rings. The van der Waals surface area contributed by atoms with Crippen LogP contribution in [0.2, 0.25) is 5.04 Å². The predicted octanol–water partition coefficient (Wildman–Crippen LogP) is 3.96. The molecule has 2 aromatic carbocycles. The zero-order valence-electron chi connectivity index (χ0n) is 14.0. The van der Waals surface area contributed by atoms with E-state index in [1.54, 1.807) is 0 Å². The minimum absolute atomic E-state index is 0.00574. The highest BCUT2D eigenvalue weighted by Gasteiger charge is 2.49. The van der Waals surface area contributed by atoms with Crippen molar-refractivity contribution in [3.8, 4) is 11.8 Å². The molecule has 0 spiro atoms. The lowest BCUT2D eigenvalue weighted by atomic mass is 10.2. The predicted molar refractivity (Wildman–Crippen MR) is 105 cm³/mol. The first-order valence-corrected chi connectivity index (χ1v) is 10.8. The number of hydrogen-bond acceptors (Lipinski definition) is 1. The van der Waals surface area contributed by atoms with Gasteiger partial charge in [-0.25, -0.2) is 0 Å². The summed E-state index contributed by atoms with van der Waals surface area (Å²) in [5.74, 6) is 6.16. The number of halogens is 1. The van der Waals surface area contributed by atoms with E-state index in [0.717, 1.165) is 0 Å². The van der Waals surface area contributed by atoms with Crippen LogP contribution in [0.15, 0.2) is 60.7 Å². The molecular weight excluding hydrogens is 364 g/mol. The summed E-state index contributed by atoms with van der Waals surface area (Å²) >= 11 is 3.34. The van der Waals surface area contributed by atoms with Gasteiger partial charge in [0.2, 0.25) is 0 Å². The van der Waals surface area contributed by atoms with Crippen LogP contribution in [0, 0.1) is 11.8 Å². The van der Waals surface area contributed by atoms with Gasteiger partial charge in [0.05, 0.1) is 11.9 Å². The van der Waals surface area contributed by atoms with Crippen LogP contribution in [0.25, 0.3) is 0 Å². The Morgan fingerprint density at radius 2 is 1.35 bits per heavy atom. The summed E-state index contributed by atoms with van der Waals surface area (Å²) in [5, 5.41) is 3.27. The Morgan fingerprint density at radius 3 is 1.74 bits per heavy atom. The van der Waals surface area contributed by atoms with Crippen molar-refractivity contribution >= 4 is 34.6 Å². The summed E-state index contributed by atoms with van der Waals surface area (Å²) in [6, 6.07) is 21.3. The van der Waals surface area contributed by atoms with E-state index >= 15 is 0 Å². The van der Waals surface area contributed by atoms with Gasteiger partial charge in [-0.15, -0.1) is 0 Å². The van der Waals surface area contributed by atoms with Crippen molar-refractivity contribution in [2.45, 2.75) is 25.8 Å².